The quantitative estimate of drug-likeness (QED) is 0.333. The largest absolute Gasteiger partial charge is 0.206 e. The van der Waals surface area contributed by atoms with Gasteiger partial charge in [0, 0.05) is 10.9 Å². The molecular weight excluding hydrogens is 364 g/mol. The summed E-state index contributed by atoms with van der Waals surface area (Å²) in [5.41, 5.74) is 1.86. The molecular formula is C26H23F2N. The third kappa shape index (κ3) is 5.21. The van der Waals surface area contributed by atoms with Gasteiger partial charge in [0.05, 0.1) is 11.1 Å². The van der Waals surface area contributed by atoms with Crippen LogP contribution in [0.2, 0.25) is 0 Å². The molecule has 0 bridgehead atoms. The first kappa shape index (κ1) is 20.6. The second-order valence-electron chi connectivity index (χ2n) is 7.20. The second-order valence-corrected chi connectivity index (χ2v) is 7.20. The van der Waals surface area contributed by atoms with Crippen molar-refractivity contribution < 1.29 is 8.78 Å². The Labute approximate surface area is 171 Å². The first-order valence-corrected chi connectivity index (χ1v) is 10.0. The lowest BCUT2D eigenvalue weighted by atomic mass is 10.00. The molecule has 0 aromatic heterocycles. The number of unbranched alkanes of at least 4 members (excludes halogenated alkanes) is 4. The lowest BCUT2D eigenvalue weighted by Gasteiger charge is -2.06. The normalized spacial score (nSPS) is 10.4. The number of aryl methyl sites for hydroxylation is 1. The van der Waals surface area contributed by atoms with E-state index in [0.717, 1.165) is 18.2 Å². The van der Waals surface area contributed by atoms with Crippen LogP contribution in [0.25, 0.3) is 10.8 Å². The third-order valence-electron chi connectivity index (χ3n) is 5.02. The Morgan fingerprint density at radius 1 is 0.828 bits per heavy atom. The van der Waals surface area contributed by atoms with Crippen LogP contribution in [0.1, 0.15) is 61.3 Å². The van der Waals surface area contributed by atoms with Crippen LogP contribution in [0.4, 0.5) is 8.78 Å². The lowest BCUT2D eigenvalue weighted by molar-refractivity contribution is 0.623. The molecule has 146 valence electrons. The number of hydrogen-bond acceptors (Lipinski definition) is 1. The van der Waals surface area contributed by atoms with Gasteiger partial charge in [0.2, 0.25) is 0 Å². The molecule has 0 fully saturated rings. The molecule has 1 nitrogen and oxygen atoms in total. The average Bonchev–Trinajstić information content (AvgIpc) is 2.73. The van der Waals surface area contributed by atoms with E-state index in [-0.39, 0.29) is 16.9 Å². The van der Waals surface area contributed by atoms with Crippen molar-refractivity contribution in [2.24, 2.45) is 0 Å². The van der Waals surface area contributed by atoms with Gasteiger partial charge < -0.3 is 0 Å². The Bertz CT molecular complexity index is 1110. The Morgan fingerprint density at radius 3 is 2.38 bits per heavy atom. The first-order valence-electron chi connectivity index (χ1n) is 10.0. The fourth-order valence-corrected chi connectivity index (χ4v) is 3.35. The Kier molecular flexibility index (Phi) is 6.99. The summed E-state index contributed by atoms with van der Waals surface area (Å²) in [6, 6.07) is 15.3. The Morgan fingerprint density at radius 2 is 1.62 bits per heavy atom. The van der Waals surface area contributed by atoms with Crippen molar-refractivity contribution in [1.82, 2.24) is 0 Å². The molecule has 0 saturated carbocycles. The molecule has 3 heteroatoms. The number of hydrogen-bond donors (Lipinski definition) is 0. The van der Waals surface area contributed by atoms with E-state index in [9.17, 15) is 8.78 Å². The standard InChI is InChI=1S/C26H23F2N/c1-2-3-4-5-6-7-19-10-15-24-22(16-19)14-13-21(26(24)28)11-8-20-9-12-23(18-29)25(27)17-20/h9-10,12-17H,2-7H2,1H3. The van der Waals surface area contributed by atoms with Crippen LogP contribution >= 0.6 is 0 Å². The molecule has 0 unspecified atom stereocenters. The zero-order chi connectivity index (χ0) is 20.6. The maximum Gasteiger partial charge on any atom is 0.146 e. The second kappa shape index (κ2) is 9.85. The van der Waals surface area contributed by atoms with Crippen LogP contribution in [0, 0.1) is 34.8 Å². The number of halogens is 2. The van der Waals surface area contributed by atoms with Crippen molar-refractivity contribution in [1.29, 1.82) is 5.26 Å². The van der Waals surface area contributed by atoms with Crippen molar-refractivity contribution in [3.05, 3.63) is 82.4 Å². The minimum atomic E-state index is -0.625. The predicted molar refractivity (Wildman–Crippen MR) is 113 cm³/mol. The van der Waals surface area contributed by atoms with E-state index >= 15 is 0 Å². The van der Waals surface area contributed by atoms with Gasteiger partial charge in [-0.05, 0) is 48.1 Å². The third-order valence-corrected chi connectivity index (χ3v) is 5.02. The van der Waals surface area contributed by atoms with Crippen molar-refractivity contribution in [3.8, 4) is 17.9 Å². The fourth-order valence-electron chi connectivity index (χ4n) is 3.35. The van der Waals surface area contributed by atoms with Crippen LogP contribution < -0.4 is 0 Å². The predicted octanol–water partition coefficient (Wildman–Crippen LogP) is 6.90. The van der Waals surface area contributed by atoms with Crippen molar-refractivity contribution in [2.45, 2.75) is 45.4 Å². The highest BCUT2D eigenvalue weighted by atomic mass is 19.1. The molecule has 0 aliphatic heterocycles. The summed E-state index contributed by atoms with van der Waals surface area (Å²) in [6.45, 7) is 2.21. The first-order chi connectivity index (χ1) is 14.1. The summed E-state index contributed by atoms with van der Waals surface area (Å²) in [4.78, 5) is 0. The monoisotopic (exact) mass is 387 g/mol. The molecule has 3 aromatic carbocycles. The molecule has 0 N–H and O–H groups in total. The summed E-state index contributed by atoms with van der Waals surface area (Å²) < 4.78 is 28.6. The number of nitrogens with zero attached hydrogens (tertiary/aromatic N) is 1. The van der Waals surface area contributed by atoms with Crippen LogP contribution in [-0.2, 0) is 6.42 Å². The highest BCUT2D eigenvalue weighted by Crippen LogP contribution is 2.23. The zero-order valence-corrected chi connectivity index (χ0v) is 16.6. The summed E-state index contributed by atoms with van der Waals surface area (Å²) in [5, 5.41) is 10.2. The molecule has 0 aliphatic carbocycles. The topological polar surface area (TPSA) is 23.8 Å². The van der Waals surface area contributed by atoms with Crippen molar-refractivity contribution in [3.63, 3.8) is 0 Å². The summed E-state index contributed by atoms with van der Waals surface area (Å²) in [6.07, 6.45) is 7.17. The van der Waals surface area contributed by atoms with E-state index in [4.69, 9.17) is 5.26 Å². The molecule has 0 radical (unpaired) electrons. The number of nitriles is 1. The molecule has 0 amide bonds. The molecule has 0 atom stereocenters. The van der Waals surface area contributed by atoms with Gasteiger partial charge in [0.1, 0.15) is 17.7 Å². The minimum absolute atomic E-state index is 0.0337. The smallest absolute Gasteiger partial charge is 0.146 e. The number of benzene rings is 3. The molecule has 0 aliphatic rings. The van der Waals surface area contributed by atoms with E-state index in [0.29, 0.717) is 10.9 Å². The molecule has 29 heavy (non-hydrogen) atoms. The Balaban J connectivity index is 1.78. The lowest BCUT2D eigenvalue weighted by Crippen LogP contribution is -1.90. The highest BCUT2D eigenvalue weighted by molar-refractivity contribution is 5.85. The van der Waals surface area contributed by atoms with E-state index in [1.54, 1.807) is 18.2 Å². The van der Waals surface area contributed by atoms with E-state index < -0.39 is 5.82 Å². The van der Waals surface area contributed by atoms with Gasteiger partial charge >= 0.3 is 0 Å². The van der Waals surface area contributed by atoms with Gasteiger partial charge in [-0.2, -0.15) is 5.26 Å². The molecule has 0 saturated heterocycles. The van der Waals surface area contributed by atoms with Crippen LogP contribution in [0.5, 0.6) is 0 Å². The average molecular weight is 387 g/mol. The summed E-state index contributed by atoms with van der Waals surface area (Å²) in [7, 11) is 0. The van der Waals surface area contributed by atoms with Gasteiger partial charge in [0.15, 0.2) is 0 Å². The van der Waals surface area contributed by atoms with Crippen LogP contribution in [0.15, 0.2) is 48.5 Å². The van der Waals surface area contributed by atoms with E-state index in [1.807, 2.05) is 24.3 Å². The zero-order valence-electron chi connectivity index (χ0n) is 16.6. The van der Waals surface area contributed by atoms with Crippen LogP contribution in [-0.4, -0.2) is 0 Å². The van der Waals surface area contributed by atoms with Crippen LogP contribution in [0.3, 0.4) is 0 Å². The van der Waals surface area contributed by atoms with Gasteiger partial charge in [-0.15, -0.1) is 0 Å². The number of rotatable bonds is 6. The maximum absolute atomic E-state index is 14.9. The highest BCUT2D eigenvalue weighted by Gasteiger charge is 2.07. The molecule has 3 aromatic rings. The fraction of sp³-hybridized carbons (Fsp3) is 0.269. The van der Waals surface area contributed by atoms with Gasteiger partial charge in [-0.25, -0.2) is 8.78 Å². The number of fused-ring (bicyclic) bond motifs is 1. The van der Waals surface area contributed by atoms with Gasteiger partial charge in [-0.3, -0.25) is 0 Å². The van der Waals surface area contributed by atoms with E-state index in [1.165, 1.54) is 43.4 Å². The maximum atomic E-state index is 14.9. The molecule has 0 heterocycles. The molecule has 0 spiro atoms. The SMILES string of the molecule is CCCCCCCc1ccc2c(F)c(C#Cc3ccc(C#N)c(F)c3)ccc2c1. The van der Waals surface area contributed by atoms with Crippen molar-refractivity contribution >= 4 is 10.8 Å². The van der Waals surface area contributed by atoms with Gasteiger partial charge in [0.25, 0.3) is 0 Å². The summed E-state index contributed by atoms with van der Waals surface area (Å²) in [5.74, 6) is 4.57. The van der Waals surface area contributed by atoms with Gasteiger partial charge in [-0.1, -0.05) is 68.7 Å². The Hall–Kier alpha value is -3.17. The minimum Gasteiger partial charge on any atom is -0.206 e. The van der Waals surface area contributed by atoms with E-state index in [2.05, 4.69) is 18.8 Å². The summed E-state index contributed by atoms with van der Waals surface area (Å²) >= 11 is 0. The van der Waals surface area contributed by atoms with Crippen molar-refractivity contribution in [2.75, 3.05) is 0 Å². The molecule has 3 rings (SSSR count).